The summed E-state index contributed by atoms with van der Waals surface area (Å²) in [6.45, 7) is 6.48. The normalized spacial score (nSPS) is 28.0. The predicted octanol–water partition coefficient (Wildman–Crippen LogP) is 2.28. The van der Waals surface area contributed by atoms with E-state index in [1.165, 1.54) is 19.3 Å². The van der Waals surface area contributed by atoms with Crippen molar-refractivity contribution < 1.29 is 9.84 Å². The third-order valence-corrected chi connectivity index (χ3v) is 4.72. The number of nitrogens with one attached hydrogen (secondary N) is 1. The van der Waals surface area contributed by atoms with Gasteiger partial charge in [0.15, 0.2) is 0 Å². The number of hydrogen-bond acceptors (Lipinski definition) is 4. The van der Waals surface area contributed by atoms with Gasteiger partial charge in [-0.1, -0.05) is 26.7 Å². The van der Waals surface area contributed by atoms with Gasteiger partial charge in [-0.05, 0) is 25.0 Å². The molecule has 0 aromatic carbocycles. The Labute approximate surface area is 116 Å². The lowest BCUT2D eigenvalue weighted by molar-refractivity contribution is -0.0450. The first-order chi connectivity index (χ1) is 8.63. The first-order valence-corrected chi connectivity index (χ1v) is 8.45. The minimum Gasteiger partial charge on any atom is -0.389 e. The molecule has 0 amide bonds. The van der Waals surface area contributed by atoms with E-state index in [9.17, 15) is 5.11 Å². The molecule has 1 fully saturated rings. The Bertz CT molecular complexity index is 216. The number of aliphatic hydroxyl groups is 1. The van der Waals surface area contributed by atoms with Gasteiger partial charge in [-0.3, -0.25) is 0 Å². The van der Waals surface area contributed by atoms with Gasteiger partial charge in [0.2, 0.25) is 0 Å². The molecular formula is C14H29NO2S. The summed E-state index contributed by atoms with van der Waals surface area (Å²) in [6.07, 6.45) is 7.12. The summed E-state index contributed by atoms with van der Waals surface area (Å²) < 4.78 is 5.85. The quantitative estimate of drug-likeness (QED) is 0.713. The average molecular weight is 275 g/mol. The summed E-state index contributed by atoms with van der Waals surface area (Å²) in [5.74, 6) is 0.649. The van der Waals surface area contributed by atoms with E-state index in [0.29, 0.717) is 30.4 Å². The molecule has 1 aliphatic carbocycles. The third kappa shape index (κ3) is 6.41. The van der Waals surface area contributed by atoms with Gasteiger partial charge in [-0.2, -0.15) is 11.8 Å². The molecule has 0 radical (unpaired) electrons. The highest BCUT2D eigenvalue weighted by atomic mass is 32.2. The Kier molecular flexibility index (Phi) is 8.31. The molecule has 0 bridgehead atoms. The Morgan fingerprint density at radius 1 is 1.33 bits per heavy atom. The van der Waals surface area contributed by atoms with Gasteiger partial charge in [0.05, 0.1) is 18.8 Å². The third-order valence-electron chi connectivity index (χ3n) is 3.75. The van der Waals surface area contributed by atoms with Crippen molar-refractivity contribution >= 4 is 11.8 Å². The van der Waals surface area contributed by atoms with Gasteiger partial charge in [-0.15, -0.1) is 0 Å². The van der Waals surface area contributed by atoms with Gasteiger partial charge in [0, 0.05) is 18.3 Å². The van der Waals surface area contributed by atoms with E-state index < -0.39 is 0 Å². The highest BCUT2D eigenvalue weighted by Gasteiger charge is 2.22. The molecule has 4 atom stereocenters. The van der Waals surface area contributed by atoms with E-state index in [4.69, 9.17) is 4.74 Å². The lowest BCUT2D eigenvalue weighted by Gasteiger charge is -2.29. The highest BCUT2D eigenvalue weighted by molar-refractivity contribution is 7.99. The van der Waals surface area contributed by atoms with E-state index in [2.05, 4.69) is 25.4 Å². The van der Waals surface area contributed by atoms with Crippen molar-refractivity contribution in [3.63, 3.8) is 0 Å². The van der Waals surface area contributed by atoms with Crippen molar-refractivity contribution in [2.75, 3.05) is 26.0 Å². The highest BCUT2D eigenvalue weighted by Crippen LogP contribution is 2.26. The fourth-order valence-corrected chi connectivity index (χ4v) is 2.64. The second-order valence-electron chi connectivity index (χ2n) is 5.49. The Morgan fingerprint density at radius 3 is 2.72 bits per heavy atom. The molecule has 1 rings (SSSR count). The molecule has 0 heterocycles. The molecule has 18 heavy (non-hydrogen) atoms. The zero-order valence-corrected chi connectivity index (χ0v) is 12.8. The van der Waals surface area contributed by atoms with Crippen LogP contribution >= 0.6 is 11.8 Å². The summed E-state index contributed by atoms with van der Waals surface area (Å²) in [6, 6.07) is 0. The van der Waals surface area contributed by atoms with Crippen molar-refractivity contribution in [1.29, 1.82) is 0 Å². The smallest absolute Gasteiger partial charge is 0.0897 e. The van der Waals surface area contributed by atoms with Crippen LogP contribution in [0.3, 0.4) is 0 Å². The zero-order chi connectivity index (χ0) is 13.4. The van der Waals surface area contributed by atoms with Crippen molar-refractivity contribution in [1.82, 2.24) is 5.32 Å². The maximum absolute atomic E-state index is 9.86. The van der Waals surface area contributed by atoms with Gasteiger partial charge < -0.3 is 15.2 Å². The van der Waals surface area contributed by atoms with Crippen LogP contribution in [0.2, 0.25) is 0 Å². The summed E-state index contributed by atoms with van der Waals surface area (Å²) in [7, 11) is 0. The molecule has 2 N–H and O–H groups in total. The first-order valence-electron chi connectivity index (χ1n) is 7.16. The van der Waals surface area contributed by atoms with Crippen LogP contribution in [-0.2, 0) is 4.74 Å². The summed E-state index contributed by atoms with van der Waals surface area (Å²) in [5.41, 5.74) is 0. The van der Waals surface area contributed by atoms with Crippen LogP contribution in [0.25, 0.3) is 0 Å². The van der Waals surface area contributed by atoms with Crippen LogP contribution in [0, 0.1) is 5.92 Å². The average Bonchev–Trinajstić information content (AvgIpc) is 2.37. The Balaban J connectivity index is 2.07. The summed E-state index contributed by atoms with van der Waals surface area (Å²) in [5, 5.41) is 13.7. The largest absolute Gasteiger partial charge is 0.389 e. The molecule has 108 valence electrons. The minimum atomic E-state index is -0.381. The van der Waals surface area contributed by atoms with E-state index in [1.807, 2.05) is 11.8 Å². The lowest BCUT2D eigenvalue weighted by Crippen LogP contribution is -2.36. The van der Waals surface area contributed by atoms with Gasteiger partial charge in [0.1, 0.15) is 0 Å². The zero-order valence-electron chi connectivity index (χ0n) is 12.0. The van der Waals surface area contributed by atoms with Crippen LogP contribution in [0.1, 0.15) is 39.5 Å². The molecule has 0 aromatic rings. The van der Waals surface area contributed by atoms with Crippen LogP contribution < -0.4 is 5.32 Å². The van der Waals surface area contributed by atoms with Crippen LogP contribution in [0.4, 0.5) is 0 Å². The second kappa shape index (κ2) is 9.18. The molecule has 0 spiro atoms. The number of aliphatic hydroxyl groups excluding tert-OH is 1. The molecule has 0 saturated heterocycles. The maximum atomic E-state index is 9.86. The predicted molar refractivity (Wildman–Crippen MR) is 79.2 cm³/mol. The molecule has 0 aromatic heterocycles. The molecule has 3 nitrogen and oxygen atoms in total. The molecule has 4 unspecified atom stereocenters. The number of ether oxygens (including phenoxy) is 1. The molecular weight excluding hydrogens is 246 g/mol. The lowest BCUT2D eigenvalue weighted by atomic mass is 9.88. The number of hydrogen-bond donors (Lipinski definition) is 2. The van der Waals surface area contributed by atoms with E-state index in [1.54, 1.807) is 0 Å². The number of thioether (sulfide) groups is 1. The monoisotopic (exact) mass is 275 g/mol. The topological polar surface area (TPSA) is 41.5 Å². The minimum absolute atomic E-state index is 0.360. The van der Waals surface area contributed by atoms with Crippen LogP contribution in [0.15, 0.2) is 0 Å². The van der Waals surface area contributed by atoms with Crippen molar-refractivity contribution in [2.45, 2.75) is 57.0 Å². The first kappa shape index (κ1) is 16.3. The Hall–Kier alpha value is 0.230. The summed E-state index contributed by atoms with van der Waals surface area (Å²) in [4.78, 5) is 0. The summed E-state index contributed by atoms with van der Waals surface area (Å²) >= 11 is 1.84. The fourth-order valence-electron chi connectivity index (χ4n) is 2.36. The molecule has 4 heteroatoms. The maximum Gasteiger partial charge on any atom is 0.0897 e. The molecule has 1 aliphatic rings. The van der Waals surface area contributed by atoms with Gasteiger partial charge in [0.25, 0.3) is 0 Å². The standard InChI is InChI=1S/C14H29NO2S/c1-11-6-4-5-7-14(11)17-10-13(16)9-15-8-12(2)18-3/h11-16H,4-10H2,1-3H3. The molecule has 1 saturated carbocycles. The van der Waals surface area contributed by atoms with Crippen molar-refractivity contribution in [2.24, 2.45) is 5.92 Å². The fraction of sp³-hybridized carbons (Fsp3) is 1.00. The van der Waals surface area contributed by atoms with Gasteiger partial charge >= 0.3 is 0 Å². The van der Waals surface area contributed by atoms with Crippen LogP contribution in [0.5, 0.6) is 0 Å². The van der Waals surface area contributed by atoms with Gasteiger partial charge in [-0.25, -0.2) is 0 Å². The van der Waals surface area contributed by atoms with E-state index in [0.717, 1.165) is 13.0 Å². The van der Waals surface area contributed by atoms with Crippen LogP contribution in [-0.4, -0.2) is 48.5 Å². The molecule has 0 aliphatic heterocycles. The SMILES string of the molecule is CSC(C)CNCC(O)COC1CCCCC1C. The second-order valence-corrected chi connectivity index (χ2v) is 6.77. The van der Waals surface area contributed by atoms with E-state index in [-0.39, 0.29) is 6.10 Å². The Morgan fingerprint density at radius 2 is 2.06 bits per heavy atom. The van der Waals surface area contributed by atoms with Crippen molar-refractivity contribution in [3.8, 4) is 0 Å². The van der Waals surface area contributed by atoms with E-state index >= 15 is 0 Å². The number of rotatable bonds is 8. The van der Waals surface area contributed by atoms with Crippen molar-refractivity contribution in [3.05, 3.63) is 0 Å².